The van der Waals surface area contributed by atoms with E-state index in [1.807, 2.05) is 17.5 Å². The minimum absolute atomic E-state index is 0.167. The van der Waals surface area contributed by atoms with Gasteiger partial charge in [0.15, 0.2) is 0 Å². The molecule has 0 fully saturated rings. The number of hydrogen-bond donors (Lipinski definition) is 1. The van der Waals surface area contributed by atoms with Crippen molar-refractivity contribution in [1.29, 1.82) is 0 Å². The highest BCUT2D eigenvalue weighted by Gasteiger charge is 2.03. The average Bonchev–Trinajstić information content (AvgIpc) is 2.62. The summed E-state index contributed by atoms with van der Waals surface area (Å²) in [6.45, 7) is 0. The lowest BCUT2D eigenvalue weighted by atomic mass is 10.3. The van der Waals surface area contributed by atoms with Crippen LogP contribution in [0.15, 0.2) is 34.2 Å². The van der Waals surface area contributed by atoms with Crippen molar-refractivity contribution in [1.82, 2.24) is 4.98 Å². The third-order valence-electron chi connectivity index (χ3n) is 1.60. The molecule has 13 heavy (non-hydrogen) atoms. The molecule has 0 aliphatic heterocycles. The molecule has 0 saturated heterocycles. The number of rotatable bonds is 1. The number of halogens is 1. The van der Waals surface area contributed by atoms with E-state index in [9.17, 15) is 5.11 Å². The van der Waals surface area contributed by atoms with Gasteiger partial charge in [-0.2, -0.15) is 0 Å². The summed E-state index contributed by atoms with van der Waals surface area (Å²) in [6.07, 6.45) is 0. The number of pyridine rings is 1. The lowest BCUT2D eigenvalue weighted by Gasteiger charge is -1.98. The molecule has 2 nitrogen and oxygen atoms in total. The molecular weight excluding hydrogens is 250 g/mol. The molecule has 66 valence electrons. The zero-order chi connectivity index (χ0) is 9.26. The van der Waals surface area contributed by atoms with Crippen LogP contribution in [0.25, 0.3) is 10.6 Å². The van der Waals surface area contributed by atoms with Gasteiger partial charge in [-0.05, 0) is 39.5 Å². The highest BCUT2D eigenvalue weighted by molar-refractivity contribution is 9.10. The first-order chi connectivity index (χ1) is 6.27. The maximum Gasteiger partial charge on any atom is 0.148 e. The summed E-state index contributed by atoms with van der Waals surface area (Å²) in [5.41, 5.74) is 0.875. The molecular formula is C9H6BrNOS. The van der Waals surface area contributed by atoms with Gasteiger partial charge in [0, 0.05) is 0 Å². The Morgan fingerprint density at radius 1 is 1.31 bits per heavy atom. The fourth-order valence-corrected chi connectivity index (χ4v) is 2.01. The lowest BCUT2D eigenvalue weighted by Crippen LogP contribution is -1.81. The zero-order valence-corrected chi connectivity index (χ0v) is 8.97. The Morgan fingerprint density at radius 2 is 2.15 bits per heavy atom. The summed E-state index contributed by atoms with van der Waals surface area (Å²) in [5, 5.41) is 11.2. The van der Waals surface area contributed by atoms with E-state index in [0.717, 1.165) is 10.6 Å². The quantitative estimate of drug-likeness (QED) is 0.794. The number of hydrogen-bond acceptors (Lipinski definition) is 3. The van der Waals surface area contributed by atoms with Crippen molar-refractivity contribution in [2.75, 3.05) is 0 Å². The predicted octanol–water partition coefficient (Wildman–Crippen LogP) is 3.28. The Hall–Kier alpha value is -0.870. The number of thiophene rings is 1. The Balaban J connectivity index is 2.49. The second-order valence-corrected chi connectivity index (χ2v) is 4.18. The molecule has 0 aromatic carbocycles. The molecule has 0 amide bonds. The summed E-state index contributed by atoms with van der Waals surface area (Å²) < 4.78 is 0.485. The highest BCUT2D eigenvalue weighted by Crippen LogP contribution is 2.28. The minimum Gasteiger partial charge on any atom is -0.505 e. The van der Waals surface area contributed by atoms with Crippen molar-refractivity contribution < 1.29 is 5.11 Å². The van der Waals surface area contributed by atoms with Gasteiger partial charge in [-0.15, -0.1) is 11.3 Å². The van der Waals surface area contributed by atoms with Crippen LogP contribution in [0, 0.1) is 0 Å². The number of aromatic hydroxyl groups is 1. The molecule has 2 heterocycles. The second kappa shape index (κ2) is 3.47. The van der Waals surface area contributed by atoms with Gasteiger partial charge < -0.3 is 5.11 Å². The molecule has 2 aromatic heterocycles. The first-order valence-electron chi connectivity index (χ1n) is 3.67. The molecule has 2 rings (SSSR count). The molecule has 4 heteroatoms. The van der Waals surface area contributed by atoms with Crippen LogP contribution in [-0.4, -0.2) is 10.1 Å². The van der Waals surface area contributed by atoms with E-state index in [-0.39, 0.29) is 5.75 Å². The van der Waals surface area contributed by atoms with Crippen LogP contribution in [0.4, 0.5) is 0 Å². The van der Waals surface area contributed by atoms with Crippen LogP contribution in [0.5, 0.6) is 5.75 Å². The third kappa shape index (κ3) is 1.73. The molecule has 0 atom stereocenters. The maximum absolute atomic E-state index is 9.24. The first kappa shape index (κ1) is 8.72. The summed E-state index contributed by atoms with van der Waals surface area (Å²) in [4.78, 5) is 5.29. The Labute approximate surface area is 88.0 Å². The van der Waals surface area contributed by atoms with Crippen molar-refractivity contribution in [3.8, 4) is 16.3 Å². The van der Waals surface area contributed by atoms with Crippen LogP contribution >= 0.6 is 27.3 Å². The molecule has 0 aliphatic carbocycles. The summed E-state index contributed by atoms with van der Waals surface area (Å²) in [5.74, 6) is 0.167. The van der Waals surface area contributed by atoms with Crippen LogP contribution in [0.2, 0.25) is 0 Å². The van der Waals surface area contributed by atoms with Crippen molar-refractivity contribution in [2.45, 2.75) is 0 Å². The van der Waals surface area contributed by atoms with E-state index >= 15 is 0 Å². The van der Waals surface area contributed by atoms with Crippen LogP contribution < -0.4 is 0 Å². The second-order valence-electron chi connectivity index (χ2n) is 2.48. The van der Waals surface area contributed by atoms with E-state index in [0.29, 0.717) is 4.60 Å². The van der Waals surface area contributed by atoms with E-state index in [2.05, 4.69) is 20.9 Å². The number of aromatic nitrogens is 1. The molecule has 2 aromatic rings. The zero-order valence-electron chi connectivity index (χ0n) is 6.57. The Kier molecular flexibility index (Phi) is 2.33. The minimum atomic E-state index is 0.167. The van der Waals surface area contributed by atoms with E-state index in [1.165, 1.54) is 0 Å². The smallest absolute Gasteiger partial charge is 0.148 e. The van der Waals surface area contributed by atoms with E-state index in [4.69, 9.17) is 0 Å². The molecule has 1 N–H and O–H groups in total. The molecule has 0 saturated carbocycles. The van der Waals surface area contributed by atoms with Crippen molar-refractivity contribution in [3.63, 3.8) is 0 Å². The average molecular weight is 256 g/mol. The van der Waals surface area contributed by atoms with Crippen molar-refractivity contribution in [3.05, 3.63) is 34.2 Å². The van der Waals surface area contributed by atoms with Crippen LogP contribution in [0.3, 0.4) is 0 Å². The largest absolute Gasteiger partial charge is 0.505 e. The molecule has 0 bridgehead atoms. The fraction of sp³-hybridized carbons (Fsp3) is 0. The third-order valence-corrected chi connectivity index (χ3v) is 3.08. The summed E-state index contributed by atoms with van der Waals surface area (Å²) in [7, 11) is 0. The highest BCUT2D eigenvalue weighted by atomic mass is 79.9. The first-order valence-corrected chi connectivity index (χ1v) is 5.34. The normalized spacial score (nSPS) is 10.2. The summed E-state index contributed by atoms with van der Waals surface area (Å²) in [6, 6.07) is 7.40. The van der Waals surface area contributed by atoms with Gasteiger partial charge in [0.05, 0.1) is 10.6 Å². The van der Waals surface area contributed by atoms with Crippen LogP contribution in [-0.2, 0) is 0 Å². The van der Waals surface area contributed by atoms with Crippen LogP contribution in [0.1, 0.15) is 0 Å². The maximum atomic E-state index is 9.24. The Morgan fingerprint density at radius 3 is 2.77 bits per heavy atom. The predicted molar refractivity (Wildman–Crippen MR) is 56.9 cm³/mol. The monoisotopic (exact) mass is 255 g/mol. The van der Waals surface area contributed by atoms with Gasteiger partial charge in [-0.1, -0.05) is 6.07 Å². The number of nitrogens with zero attached hydrogens (tertiary/aromatic N) is 1. The fourth-order valence-electron chi connectivity index (χ4n) is 0.988. The molecule has 0 spiro atoms. The molecule has 0 unspecified atom stereocenters. The standard InChI is InChI=1S/C9H6BrNOS/c10-9-7(12)4-3-6(11-9)8-2-1-5-13-8/h1-5,12H. The van der Waals surface area contributed by atoms with Gasteiger partial charge in [0.25, 0.3) is 0 Å². The van der Waals surface area contributed by atoms with E-state index in [1.54, 1.807) is 23.5 Å². The van der Waals surface area contributed by atoms with Gasteiger partial charge in [-0.3, -0.25) is 0 Å². The molecule has 0 aliphatic rings. The Bertz CT molecular complexity index is 414. The van der Waals surface area contributed by atoms with Crippen molar-refractivity contribution in [2.24, 2.45) is 0 Å². The lowest BCUT2D eigenvalue weighted by molar-refractivity contribution is 0.469. The topological polar surface area (TPSA) is 33.1 Å². The van der Waals surface area contributed by atoms with Crippen molar-refractivity contribution >= 4 is 27.3 Å². The van der Waals surface area contributed by atoms with Gasteiger partial charge in [0.2, 0.25) is 0 Å². The SMILES string of the molecule is Oc1ccc(-c2cccs2)nc1Br. The van der Waals surface area contributed by atoms with Gasteiger partial charge >= 0.3 is 0 Å². The molecule has 0 radical (unpaired) electrons. The summed E-state index contributed by atoms with van der Waals surface area (Å²) >= 11 is 4.80. The van der Waals surface area contributed by atoms with Gasteiger partial charge in [0.1, 0.15) is 10.4 Å². The van der Waals surface area contributed by atoms with Gasteiger partial charge in [-0.25, -0.2) is 4.98 Å². The van der Waals surface area contributed by atoms with E-state index < -0.39 is 0 Å².